The van der Waals surface area contributed by atoms with Crippen LogP contribution in [0.25, 0.3) is 5.69 Å². The van der Waals surface area contributed by atoms with Gasteiger partial charge in [-0.2, -0.15) is 0 Å². The second kappa shape index (κ2) is 8.14. The van der Waals surface area contributed by atoms with E-state index in [-0.39, 0.29) is 5.91 Å². The zero-order chi connectivity index (χ0) is 18.5. The Hall–Kier alpha value is -2.67. The zero-order valence-electron chi connectivity index (χ0n) is 15.1. The van der Waals surface area contributed by atoms with Crippen LogP contribution in [0.2, 0.25) is 0 Å². The predicted molar refractivity (Wildman–Crippen MR) is 104 cm³/mol. The van der Waals surface area contributed by atoms with E-state index in [1.807, 2.05) is 25.1 Å². The molecular weight excluding hydrogens is 346 g/mol. The Morgan fingerprint density at radius 3 is 2.62 bits per heavy atom. The van der Waals surface area contributed by atoms with E-state index in [1.54, 1.807) is 16.4 Å². The highest BCUT2D eigenvalue weighted by atomic mass is 32.2. The topological polar surface area (TPSA) is 72.7 Å². The summed E-state index contributed by atoms with van der Waals surface area (Å²) in [6, 6.07) is 12.1. The fourth-order valence-electron chi connectivity index (χ4n) is 2.49. The van der Waals surface area contributed by atoms with Gasteiger partial charge in [-0.05, 0) is 72.2 Å². The number of rotatable bonds is 6. The van der Waals surface area contributed by atoms with Gasteiger partial charge >= 0.3 is 0 Å². The van der Waals surface area contributed by atoms with Gasteiger partial charge in [0, 0.05) is 22.8 Å². The first kappa shape index (κ1) is 18.1. The summed E-state index contributed by atoms with van der Waals surface area (Å²) < 4.78 is 1.58. The molecule has 1 N–H and O–H groups in total. The molecule has 0 fully saturated rings. The fourth-order valence-corrected chi connectivity index (χ4v) is 3.44. The predicted octanol–water partition coefficient (Wildman–Crippen LogP) is 3.71. The second-order valence-corrected chi connectivity index (χ2v) is 7.32. The number of benzene rings is 2. The Morgan fingerprint density at radius 2 is 1.88 bits per heavy atom. The molecule has 0 radical (unpaired) electrons. The van der Waals surface area contributed by atoms with E-state index in [1.165, 1.54) is 22.3 Å². The lowest BCUT2D eigenvalue weighted by Gasteiger charge is -2.10. The first-order valence-corrected chi connectivity index (χ1v) is 9.35. The smallest absolute Gasteiger partial charge is 0.225 e. The monoisotopic (exact) mass is 367 g/mol. The molecule has 1 aromatic heterocycles. The first-order valence-electron chi connectivity index (χ1n) is 8.37. The van der Waals surface area contributed by atoms with Crippen LogP contribution in [0.3, 0.4) is 0 Å². The summed E-state index contributed by atoms with van der Waals surface area (Å²) >= 11 is 1.69. The summed E-state index contributed by atoms with van der Waals surface area (Å²) in [6.07, 6.45) is 1.99. The van der Waals surface area contributed by atoms with Crippen LogP contribution in [0.15, 0.2) is 47.6 Å². The molecule has 0 aliphatic rings. The molecule has 0 saturated carbocycles. The quantitative estimate of drug-likeness (QED) is 0.673. The number of hydrogen-bond acceptors (Lipinski definition) is 5. The third-order valence-electron chi connectivity index (χ3n) is 4.16. The lowest BCUT2D eigenvalue weighted by Crippen LogP contribution is -2.12. The van der Waals surface area contributed by atoms with E-state index in [4.69, 9.17) is 0 Å². The standard InChI is InChI=1S/C19H21N5OS/c1-13-5-7-17(10-15(13)3)26-9-8-19(25)21-16-6-4-14(2)18(11-16)24-12-20-22-23-24/h4-7,10-12H,8-9H2,1-3H3,(H,21,25). The molecular formula is C19H21N5OS. The molecule has 1 amide bonds. The molecule has 7 heteroatoms. The Bertz CT molecular complexity index is 908. The second-order valence-electron chi connectivity index (χ2n) is 6.15. The lowest BCUT2D eigenvalue weighted by atomic mass is 10.1. The summed E-state index contributed by atoms with van der Waals surface area (Å²) in [5.41, 5.74) is 5.17. The van der Waals surface area contributed by atoms with E-state index < -0.39 is 0 Å². The van der Waals surface area contributed by atoms with Crippen molar-refractivity contribution in [3.8, 4) is 5.69 Å². The van der Waals surface area contributed by atoms with Crippen LogP contribution >= 0.6 is 11.8 Å². The van der Waals surface area contributed by atoms with Gasteiger partial charge in [0.2, 0.25) is 5.91 Å². The van der Waals surface area contributed by atoms with E-state index in [2.05, 4.69) is 52.9 Å². The third-order valence-corrected chi connectivity index (χ3v) is 5.16. The number of carbonyl (C=O) groups is 1. The molecule has 3 rings (SSSR count). The molecule has 134 valence electrons. The number of thioether (sulfide) groups is 1. The normalized spacial score (nSPS) is 10.7. The number of tetrazole rings is 1. The Morgan fingerprint density at radius 1 is 1.08 bits per heavy atom. The van der Waals surface area contributed by atoms with Crippen molar-refractivity contribution in [2.45, 2.75) is 32.1 Å². The van der Waals surface area contributed by atoms with Crippen LogP contribution < -0.4 is 5.32 Å². The van der Waals surface area contributed by atoms with Crippen LogP contribution in [0.4, 0.5) is 5.69 Å². The maximum absolute atomic E-state index is 12.2. The molecule has 0 saturated heterocycles. The molecule has 0 unspecified atom stereocenters. The number of nitrogens with one attached hydrogen (secondary N) is 1. The molecule has 0 bridgehead atoms. The highest BCUT2D eigenvalue weighted by Gasteiger charge is 2.08. The van der Waals surface area contributed by atoms with Gasteiger partial charge in [-0.1, -0.05) is 12.1 Å². The van der Waals surface area contributed by atoms with Crippen molar-refractivity contribution in [1.29, 1.82) is 0 Å². The summed E-state index contributed by atoms with van der Waals surface area (Å²) in [7, 11) is 0. The van der Waals surface area contributed by atoms with Crippen LogP contribution in [0, 0.1) is 20.8 Å². The molecule has 1 heterocycles. The van der Waals surface area contributed by atoms with E-state index >= 15 is 0 Å². The third kappa shape index (κ3) is 4.49. The van der Waals surface area contributed by atoms with Crippen molar-refractivity contribution in [2.24, 2.45) is 0 Å². The highest BCUT2D eigenvalue weighted by Crippen LogP contribution is 2.22. The molecule has 0 atom stereocenters. The minimum atomic E-state index is -0.00662. The van der Waals surface area contributed by atoms with Gasteiger partial charge < -0.3 is 5.32 Å². The number of anilines is 1. The zero-order valence-corrected chi connectivity index (χ0v) is 15.9. The van der Waals surface area contributed by atoms with Crippen LogP contribution in [-0.4, -0.2) is 31.9 Å². The summed E-state index contributed by atoms with van der Waals surface area (Å²) in [4.78, 5) is 13.4. The van der Waals surface area contributed by atoms with Gasteiger partial charge in [-0.15, -0.1) is 16.9 Å². The van der Waals surface area contributed by atoms with Gasteiger partial charge in [0.1, 0.15) is 6.33 Å². The van der Waals surface area contributed by atoms with Gasteiger partial charge in [0.25, 0.3) is 0 Å². The highest BCUT2D eigenvalue weighted by molar-refractivity contribution is 7.99. The number of aryl methyl sites for hydroxylation is 3. The minimum Gasteiger partial charge on any atom is -0.326 e. The summed E-state index contributed by atoms with van der Waals surface area (Å²) in [5.74, 6) is 0.730. The number of aromatic nitrogens is 4. The average molecular weight is 367 g/mol. The molecule has 0 aliphatic heterocycles. The van der Waals surface area contributed by atoms with Gasteiger partial charge in [-0.3, -0.25) is 4.79 Å². The molecule has 26 heavy (non-hydrogen) atoms. The lowest BCUT2D eigenvalue weighted by molar-refractivity contribution is -0.115. The van der Waals surface area contributed by atoms with Crippen LogP contribution in [0.1, 0.15) is 23.1 Å². The first-order chi connectivity index (χ1) is 12.5. The van der Waals surface area contributed by atoms with Gasteiger partial charge in [-0.25, -0.2) is 4.68 Å². The minimum absolute atomic E-state index is 0.00662. The van der Waals surface area contributed by atoms with Crippen molar-refractivity contribution in [2.75, 3.05) is 11.1 Å². The molecule has 2 aromatic carbocycles. The average Bonchev–Trinajstić information content (AvgIpc) is 3.14. The van der Waals surface area contributed by atoms with Crippen molar-refractivity contribution >= 4 is 23.4 Å². The SMILES string of the molecule is Cc1ccc(SCCC(=O)Nc2ccc(C)c(-n3cnnn3)c2)cc1C. The Balaban J connectivity index is 1.56. The molecule has 0 aliphatic carbocycles. The molecule has 3 aromatic rings. The number of nitrogens with zero attached hydrogens (tertiary/aromatic N) is 4. The largest absolute Gasteiger partial charge is 0.326 e. The number of hydrogen-bond donors (Lipinski definition) is 1. The summed E-state index contributed by atoms with van der Waals surface area (Å²) in [5, 5.41) is 14.2. The van der Waals surface area contributed by atoms with Crippen molar-refractivity contribution < 1.29 is 4.79 Å². The van der Waals surface area contributed by atoms with Crippen molar-refractivity contribution in [3.63, 3.8) is 0 Å². The maximum atomic E-state index is 12.2. The fraction of sp³-hybridized carbons (Fsp3) is 0.263. The summed E-state index contributed by atoms with van der Waals surface area (Å²) in [6.45, 7) is 6.18. The van der Waals surface area contributed by atoms with Crippen LogP contribution in [0.5, 0.6) is 0 Å². The van der Waals surface area contributed by atoms with Gasteiger partial charge in [0.15, 0.2) is 0 Å². The maximum Gasteiger partial charge on any atom is 0.225 e. The van der Waals surface area contributed by atoms with Crippen LogP contribution in [-0.2, 0) is 4.79 Å². The number of carbonyl (C=O) groups excluding carboxylic acids is 1. The Labute approximate surface area is 157 Å². The Kier molecular flexibility index (Phi) is 5.68. The van der Waals surface area contributed by atoms with Gasteiger partial charge in [0.05, 0.1) is 5.69 Å². The molecule has 0 spiro atoms. The van der Waals surface area contributed by atoms with E-state index in [0.717, 1.165) is 22.7 Å². The van der Waals surface area contributed by atoms with Crippen molar-refractivity contribution in [1.82, 2.24) is 20.2 Å². The van der Waals surface area contributed by atoms with E-state index in [0.29, 0.717) is 6.42 Å². The number of amides is 1. The van der Waals surface area contributed by atoms with Crippen molar-refractivity contribution in [3.05, 3.63) is 59.4 Å². The molecule has 6 nitrogen and oxygen atoms in total. The van der Waals surface area contributed by atoms with E-state index in [9.17, 15) is 4.79 Å².